The van der Waals surface area contributed by atoms with Crippen molar-refractivity contribution in [1.29, 1.82) is 0 Å². The Bertz CT molecular complexity index is 991. The van der Waals surface area contributed by atoms with Crippen molar-refractivity contribution in [2.45, 2.75) is 57.9 Å². The van der Waals surface area contributed by atoms with E-state index in [4.69, 9.17) is 4.74 Å². The Labute approximate surface area is 208 Å². The summed E-state index contributed by atoms with van der Waals surface area (Å²) in [6.07, 6.45) is 5.45. The first kappa shape index (κ1) is 26.8. The van der Waals surface area contributed by atoms with Gasteiger partial charge < -0.3 is 20.3 Å². The number of benzene rings is 2. The normalized spacial score (nSPS) is 15.5. The third-order valence-electron chi connectivity index (χ3n) is 6.57. The lowest BCUT2D eigenvalue weighted by Gasteiger charge is -2.27. The maximum Gasteiger partial charge on any atom is 0.252 e. The highest BCUT2D eigenvalue weighted by atomic mass is 19.1. The zero-order chi connectivity index (χ0) is 25.3. The molecule has 0 atom stereocenters. The van der Waals surface area contributed by atoms with Crippen molar-refractivity contribution < 1.29 is 18.7 Å². The van der Waals surface area contributed by atoms with Gasteiger partial charge in [0.1, 0.15) is 12.4 Å². The van der Waals surface area contributed by atoms with Crippen LogP contribution < -0.4 is 15.5 Å². The number of carbonyl (C=O) groups is 2. The van der Waals surface area contributed by atoms with E-state index in [1.807, 2.05) is 26.0 Å². The molecule has 0 bridgehead atoms. The van der Waals surface area contributed by atoms with E-state index in [0.29, 0.717) is 25.2 Å². The highest BCUT2D eigenvalue weighted by Gasteiger charge is 2.23. The minimum Gasteiger partial charge on any atom is -0.375 e. The minimum absolute atomic E-state index is 0.0214. The lowest BCUT2D eigenvalue weighted by molar-refractivity contribution is -0.122. The second kappa shape index (κ2) is 12.8. The lowest BCUT2D eigenvalue weighted by atomic mass is 9.84. The molecule has 3 rings (SSSR count). The summed E-state index contributed by atoms with van der Waals surface area (Å²) in [7, 11) is 1.53. The largest absolute Gasteiger partial charge is 0.375 e. The van der Waals surface area contributed by atoms with E-state index in [-0.39, 0.29) is 29.7 Å². The molecular formula is C28H38FN3O3. The smallest absolute Gasteiger partial charge is 0.252 e. The van der Waals surface area contributed by atoms with Crippen LogP contribution in [-0.2, 0) is 21.5 Å². The number of nitrogens with zero attached hydrogens (tertiary/aromatic N) is 1. The van der Waals surface area contributed by atoms with E-state index in [1.54, 1.807) is 23.1 Å². The van der Waals surface area contributed by atoms with Gasteiger partial charge in [0.25, 0.3) is 11.8 Å². The fourth-order valence-corrected chi connectivity index (χ4v) is 4.39. The van der Waals surface area contributed by atoms with Crippen molar-refractivity contribution >= 4 is 17.5 Å². The second-order valence-corrected chi connectivity index (χ2v) is 9.84. The van der Waals surface area contributed by atoms with E-state index >= 15 is 0 Å². The summed E-state index contributed by atoms with van der Waals surface area (Å²) in [5.74, 6) is -0.535. The number of hydrogen-bond acceptors (Lipinski definition) is 4. The van der Waals surface area contributed by atoms with Gasteiger partial charge in [-0.3, -0.25) is 9.59 Å². The molecule has 0 fully saturated rings. The monoisotopic (exact) mass is 483 g/mol. The Hall–Kier alpha value is -2.77. The van der Waals surface area contributed by atoms with Crippen LogP contribution in [0.2, 0.25) is 0 Å². The van der Waals surface area contributed by atoms with Crippen LogP contribution in [0.3, 0.4) is 0 Å². The number of carbonyl (C=O) groups excluding carboxylic acids is 2. The van der Waals surface area contributed by atoms with Gasteiger partial charge in [-0.2, -0.15) is 0 Å². The van der Waals surface area contributed by atoms with E-state index in [1.165, 1.54) is 19.2 Å². The summed E-state index contributed by atoms with van der Waals surface area (Å²) in [5, 5.41) is 6.50. The Balaban J connectivity index is 1.80. The molecule has 0 saturated heterocycles. The number of anilines is 1. The van der Waals surface area contributed by atoms with Crippen LogP contribution in [0, 0.1) is 5.82 Å². The van der Waals surface area contributed by atoms with Gasteiger partial charge >= 0.3 is 0 Å². The first-order valence-electron chi connectivity index (χ1n) is 12.5. The zero-order valence-electron chi connectivity index (χ0n) is 21.2. The Morgan fingerprint density at radius 1 is 1.06 bits per heavy atom. The van der Waals surface area contributed by atoms with Crippen molar-refractivity contribution in [3.05, 3.63) is 65.0 Å². The molecule has 1 heterocycles. The van der Waals surface area contributed by atoms with Crippen molar-refractivity contribution in [3.63, 3.8) is 0 Å². The quantitative estimate of drug-likeness (QED) is 0.632. The molecule has 35 heavy (non-hydrogen) atoms. The van der Waals surface area contributed by atoms with Gasteiger partial charge in [0.2, 0.25) is 0 Å². The SMILES string of the molecule is COCC(=O)N1CCCCCCCNCc2cc(C(=O)NCC(C)(C)c3ccc(F)cc3)ccc21. The summed E-state index contributed by atoms with van der Waals surface area (Å²) in [6.45, 7) is 6.57. The molecular weight excluding hydrogens is 445 g/mol. The molecule has 190 valence electrons. The fourth-order valence-electron chi connectivity index (χ4n) is 4.39. The van der Waals surface area contributed by atoms with Gasteiger partial charge in [0.15, 0.2) is 0 Å². The van der Waals surface area contributed by atoms with Crippen molar-refractivity contribution in [3.8, 4) is 0 Å². The van der Waals surface area contributed by atoms with Gasteiger partial charge in [-0.1, -0.05) is 45.2 Å². The molecule has 2 N–H and O–H groups in total. The number of nitrogens with one attached hydrogen (secondary N) is 2. The van der Waals surface area contributed by atoms with E-state index in [2.05, 4.69) is 10.6 Å². The molecule has 0 saturated carbocycles. The second-order valence-electron chi connectivity index (χ2n) is 9.84. The molecule has 0 spiro atoms. The average Bonchev–Trinajstić information content (AvgIpc) is 2.83. The van der Waals surface area contributed by atoms with Crippen molar-refractivity contribution in [2.24, 2.45) is 0 Å². The number of hydrogen-bond donors (Lipinski definition) is 2. The standard InChI is InChI=1S/C28H38FN3O3/c1-28(2,23-10-12-24(29)13-11-23)20-31-27(34)21-9-14-25-22(17-21)18-30-15-7-5-4-6-8-16-32(25)26(33)19-35-3/h9-14,17,30H,4-8,15-16,18-20H2,1-3H3,(H,31,34). The third kappa shape index (κ3) is 7.61. The summed E-state index contributed by atoms with van der Waals surface area (Å²) >= 11 is 0. The van der Waals surface area contributed by atoms with Crippen molar-refractivity contribution in [2.75, 3.05) is 38.3 Å². The number of amides is 2. The summed E-state index contributed by atoms with van der Waals surface area (Å²) in [5.41, 5.74) is 2.88. The highest BCUT2D eigenvalue weighted by molar-refractivity contribution is 5.98. The maximum atomic E-state index is 13.3. The molecule has 0 aromatic heterocycles. The average molecular weight is 484 g/mol. The van der Waals surface area contributed by atoms with Gasteiger partial charge in [0, 0.05) is 43.4 Å². The van der Waals surface area contributed by atoms with Crippen LogP contribution in [0.5, 0.6) is 0 Å². The fraction of sp³-hybridized carbons (Fsp3) is 0.500. The van der Waals surface area contributed by atoms with Gasteiger partial charge in [0.05, 0.1) is 0 Å². The lowest BCUT2D eigenvalue weighted by Crippen LogP contribution is -2.37. The van der Waals surface area contributed by atoms with Crippen LogP contribution in [0.25, 0.3) is 0 Å². The zero-order valence-corrected chi connectivity index (χ0v) is 21.2. The molecule has 7 heteroatoms. The minimum atomic E-state index is -0.356. The van der Waals surface area contributed by atoms with E-state index < -0.39 is 0 Å². The Morgan fingerprint density at radius 3 is 2.51 bits per heavy atom. The number of methoxy groups -OCH3 is 1. The summed E-state index contributed by atoms with van der Waals surface area (Å²) < 4.78 is 18.4. The molecule has 0 aliphatic carbocycles. The van der Waals surface area contributed by atoms with Crippen LogP contribution in [0.15, 0.2) is 42.5 Å². The highest BCUT2D eigenvalue weighted by Crippen LogP contribution is 2.26. The molecule has 2 aromatic rings. The molecule has 1 aliphatic rings. The molecule has 0 radical (unpaired) electrons. The molecule has 2 amide bonds. The number of rotatable bonds is 6. The number of fused-ring (bicyclic) bond motifs is 1. The number of halogens is 1. The van der Waals surface area contributed by atoms with Crippen molar-refractivity contribution in [1.82, 2.24) is 10.6 Å². The molecule has 6 nitrogen and oxygen atoms in total. The summed E-state index contributed by atoms with van der Waals surface area (Å²) in [6, 6.07) is 11.9. The predicted molar refractivity (Wildman–Crippen MR) is 137 cm³/mol. The topological polar surface area (TPSA) is 70.7 Å². The van der Waals surface area contributed by atoms with Crippen LogP contribution in [0.4, 0.5) is 10.1 Å². The molecule has 1 aliphatic heterocycles. The molecule has 0 unspecified atom stereocenters. The van der Waals surface area contributed by atoms with Crippen LogP contribution in [-0.4, -0.2) is 45.2 Å². The van der Waals surface area contributed by atoms with Gasteiger partial charge in [-0.05, 0) is 60.8 Å². The van der Waals surface area contributed by atoms with Gasteiger partial charge in [-0.15, -0.1) is 0 Å². The predicted octanol–water partition coefficient (Wildman–Crippen LogP) is 4.57. The molecule has 2 aromatic carbocycles. The van der Waals surface area contributed by atoms with E-state index in [0.717, 1.165) is 55.5 Å². The first-order chi connectivity index (χ1) is 16.8. The Kier molecular flexibility index (Phi) is 9.81. The summed E-state index contributed by atoms with van der Waals surface area (Å²) in [4.78, 5) is 27.7. The number of ether oxygens (including phenoxy) is 1. The van der Waals surface area contributed by atoms with Crippen LogP contribution in [0.1, 0.15) is 67.4 Å². The Morgan fingerprint density at radius 2 is 1.77 bits per heavy atom. The van der Waals surface area contributed by atoms with E-state index in [9.17, 15) is 14.0 Å². The maximum absolute atomic E-state index is 13.3. The third-order valence-corrected chi connectivity index (χ3v) is 6.57. The first-order valence-corrected chi connectivity index (χ1v) is 12.5. The van der Waals surface area contributed by atoms with Gasteiger partial charge in [-0.25, -0.2) is 4.39 Å². The van der Waals surface area contributed by atoms with Crippen LogP contribution >= 0.6 is 0 Å².